The molecule has 98 valence electrons. The molecular formula is C14H18BrNO2. The monoisotopic (exact) mass is 311 g/mol. The molecule has 0 radical (unpaired) electrons. The van der Waals surface area contributed by atoms with Crippen LogP contribution >= 0.6 is 15.9 Å². The van der Waals surface area contributed by atoms with Gasteiger partial charge in [0.1, 0.15) is 13.2 Å². The summed E-state index contributed by atoms with van der Waals surface area (Å²) in [5.74, 6) is 2.94. The van der Waals surface area contributed by atoms with Gasteiger partial charge in [-0.3, -0.25) is 0 Å². The molecule has 0 aromatic heterocycles. The molecule has 1 aliphatic heterocycles. The third-order valence-corrected chi connectivity index (χ3v) is 4.64. The Morgan fingerprint density at radius 2 is 1.83 bits per heavy atom. The molecule has 2 unspecified atom stereocenters. The smallest absolute Gasteiger partial charge is 0.162 e. The van der Waals surface area contributed by atoms with Crippen molar-refractivity contribution in [3.63, 3.8) is 0 Å². The summed E-state index contributed by atoms with van der Waals surface area (Å²) in [6, 6.07) is 4.06. The lowest BCUT2D eigenvalue weighted by molar-refractivity contribution is 0.171. The van der Waals surface area contributed by atoms with Crippen molar-refractivity contribution in [2.75, 3.05) is 13.2 Å². The number of hydrogen-bond donors (Lipinski definition) is 1. The van der Waals surface area contributed by atoms with Crippen LogP contribution in [0.15, 0.2) is 16.6 Å². The molecule has 2 N–H and O–H groups in total. The van der Waals surface area contributed by atoms with Crippen molar-refractivity contribution in [1.82, 2.24) is 0 Å². The normalized spacial score (nSPS) is 21.5. The van der Waals surface area contributed by atoms with Crippen LogP contribution in [-0.2, 0) is 0 Å². The largest absolute Gasteiger partial charge is 0.486 e. The van der Waals surface area contributed by atoms with Crippen LogP contribution in [0, 0.1) is 11.8 Å². The SMILES string of the molecule is CC(C1CC1)C(N)c1cc2c(cc1Br)OCCO2. The molecule has 2 aliphatic rings. The van der Waals surface area contributed by atoms with Crippen molar-refractivity contribution in [2.45, 2.75) is 25.8 Å². The highest BCUT2D eigenvalue weighted by Gasteiger charge is 2.33. The van der Waals surface area contributed by atoms with E-state index in [9.17, 15) is 0 Å². The van der Waals surface area contributed by atoms with E-state index in [-0.39, 0.29) is 6.04 Å². The Morgan fingerprint density at radius 3 is 2.44 bits per heavy atom. The first-order chi connectivity index (χ1) is 8.66. The van der Waals surface area contributed by atoms with Crippen LogP contribution in [0.5, 0.6) is 11.5 Å². The fraction of sp³-hybridized carbons (Fsp3) is 0.571. The maximum absolute atomic E-state index is 6.39. The lowest BCUT2D eigenvalue weighted by Crippen LogP contribution is -2.22. The number of fused-ring (bicyclic) bond motifs is 1. The number of halogens is 1. The Morgan fingerprint density at radius 1 is 1.22 bits per heavy atom. The summed E-state index contributed by atoms with van der Waals surface area (Å²) >= 11 is 3.60. The van der Waals surface area contributed by atoms with Gasteiger partial charge in [0.15, 0.2) is 11.5 Å². The topological polar surface area (TPSA) is 44.5 Å². The van der Waals surface area contributed by atoms with Gasteiger partial charge in [0, 0.05) is 10.5 Å². The van der Waals surface area contributed by atoms with Crippen molar-refractivity contribution in [2.24, 2.45) is 17.6 Å². The third kappa shape index (κ3) is 2.24. The molecule has 4 heteroatoms. The molecule has 0 saturated heterocycles. The molecule has 1 aliphatic carbocycles. The molecule has 3 rings (SSSR count). The number of ether oxygens (including phenoxy) is 2. The van der Waals surface area contributed by atoms with Crippen molar-refractivity contribution in [3.8, 4) is 11.5 Å². The van der Waals surface area contributed by atoms with E-state index in [2.05, 4.69) is 22.9 Å². The first kappa shape index (κ1) is 12.3. The maximum Gasteiger partial charge on any atom is 0.162 e. The molecule has 0 spiro atoms. The highest BCUT2D eigenvalue weighted by molar-refractivity contribution is 9.10. The Kier molecular flexibility index (Phi) is 3.24. The summed E-state index contributed by atoms with van der Waals surface area (Å²) in [5, 5.41) is 0. The van der Waals surface area contributed by atoms with Crippen molar-refractivity contribution < 1.29 is 9.47 Å². The molecule has 3 nitrogen and oxygen atoms in total. The Bertz CT molecular complexity index is 459. The number of nitrogens with two attached hydrogens (primary N) is 1. The second kappa shape index (κ2) is 4.74. The van der Waals surface area contributed by atoms with Gasteiger partial charge in [0.05, 0.1) is 0 Å². The minimum atomic E-state index is 0.0581. The summed E-state index contributed by atoms with van der Waals surface area (Å²) in [7, 11) is 0. The summed E-state index contributed by atoms with van der Waals surface area (Å²) < 4.78 is 12.2. The number of rotatable bonds is 3. The lowest BCUT2D eigenvalue weighted by Gasteiger charge is -2.24. The standard InChI is InChI=1S/C14H18BrNO2/c1-8(9-2-3-9)14(16)10-6-12-13(7-11(10)15)18-5-4-17-12/h6-9,14H,2-5,16H2,1H3. The molecule has 0 bridgehead atoms. The molecule has 2 atom stereocenters. The third-order valence-electron chi connectivity index (χ3n) is 3.95. The van der Waals surface area contributed by atoms with E-state index in [0.29, 0.717) is 19.1 Å². The van der Waals surface area contributed by atoms with E-state index in [1.165, 1.54) is 12.8 Å². The molecule has 1 aromatic carbocycles. The highest BCUT2D eigenvalue weighted by atomic mass is 79.9. The lowest BCUT2D eigenvalue weighted by atomic mass is 9.91. The summed E-state index contributed by atoms with van der Waals surface area (Å²) in [4.78, 5) is 0. The van der Waals surface area contributed by atoms with Crippen LogP contribution < -0.4 is 15.2 Å². The average Bonchev–Trinajstić information content (AvgIpc) is 3.20. The minimum Gasteiger partial charge on any atom is -0.486 e. The van der Waals surface area contributed by atoms with E-state index >= 15 is 0 Å². The fourth-order valence-corrected chi connectivity index (χ4v) is 3.12. The Balaban J connectivity index is 1.90. The van der Waals surface area contributed by atoms with Gasteiger partial charge in [-0.1, -0.05) is 22.9 Å². The van der Waals surface area contributed by atoms with Gasteiger partial charge in [-0.05, 0) is 42.4 Å². The summed E-state index contributed by atoms with van der Waals surface area (Å²) in [6.07, 6.45) is 2.63. The fourth-order valence-electron chi connectivity index (χ4n) is 2.53. The highest BCUT2D eigenvalue weighted by Crippen LogP contribution is 2.45. The summed E-state index contributed by atoms with van der Waals surface area (Å²) in [6.45, 7) is 3.47. The number of benzene rings is 1. The van der Waals surface area contributed by atoms with Crippen LogP contribution in [0.3, 0.4) is 0 Å². The predicted molar refractivity (Wildman–Crippen MR) is 73.9 cm³/mol. The van der Waals surface area contributed by atoms with Crippen LogP contribution in [0.4, 0.5) is 0 Å². The Hall–Kier alpha value is -0.740. The average molecular weight is 312 g/mol. The molecule has 1 heterocycles. The van der Waals surface area contributed by atoms with Gasteiger partial charge >= 0.3 is 0 Å². The Labute approximate surface area is 116 Å². The first-order valence-electron chi connectivity index (χ1n) is 6.51. The van der Waals surface area contributed by atoms with E-state index in [4.69, 9.17) is 15.2 Å². The van der Waals surface area contributed by atoms with E-state index in [0.717, 1.165) is 27.5 Å². The van der Waals surface area contributed by atoms with Crippen LogP contribution in [0.1, 0.15) is 31.4 Å². The second-order valence-corrected chi connectivity index (χ2v) is 6.09. The molecule has 18 heavy (non-hydrogen) atoms. The molecule has 0 amide bonds. The molecule has 1 saturated carbocycles. The van der Waals surface area contributed by atoms with Crippen LogP contribution in [-0.4, -0.2) is 13.2 Å². The van der Waals surface area contributed by atoms with Crippen LogP contribution in [0.2, 0.25) is 0 Å². The van der Waals surface area contributed by atoms with Gasteiger partial charge in [-0.2, -0.15) is 0 Å². The van der Waals surface area contributed by atoms with Crippen molar-refractivity contribution in [3.05, 3.63) is 22.2 Å². The number of hydrogen-bond acceptors (Lipinski definition) is 3. The maximum atomic E-state index is 6.39. The zero-order chi connectivity index (χ0) is 12.7. The second-order valence-electron chi connectivity index (χ2n) is 5.24. The van der Waals surface area contributed by atoms with Gasteiger partial charge in [0.25, 0.3) is 0 Å². The molecular weight excluding hydrogens is 294 g/mol. The predicted octanol–water partition coefficient (Wildman–Crippen LogP) is 3.27. The zero-order valence-electron chi connectivity index (χ0n) is 10.5. The molecule has 1 fully saturated rings. The van der Waals surface area contributed by atoms with Gasteiger partial charge in [-0.15, -0.1) is 0 Å². The van der Waals surface area contributed by atoms with Gasteiger partial charge < -0.3 is 15.2 Å². The van der Waals surface area contributed by atoms with E-state index < -0.39 is 0 Å². The molecule has 1 aromatic rings. The van der Waals surface area contributed by atoms with E-state index in [1.807, 2.05) is 12.1 Å². The zero-order valence-corrected chi connectivity index (χ0v) is 12.1. The minimum absolute atomic E-state index is 0.0581. The van der Waals surface area contributed by atoms with E-state index in [1.54, 1.807) is 0 Å². The van der Waals surface area contributed by atoms with Crippen LogP contribution in [0.25, 0.3) is 0 Å². The quantitative estimate of drug-likeness (QED) is 0.931. The van der Waals surface area contributed by atoms with Gasteiger partial charge in [0.2, 0.25) is 0 Å². The van der Waals surface area contributed by atoms with Gasteiger partial charge in [-0.25, -0.2) is 0 Å². The summed E-state index contributed by atoms with van der Waals surface area (Å²) in [5.41, 5.74) is 7.51. The first-order valence-corrected chi connectivity index (χ1v) is 7.30. The van der Waals surface area contributed by atoms with Crippen molar-refractivity contribution in [1.29, 1.82) is 0 Å². The van der Waals surface area contributed by atoms with Crippen molar-refractivity contribution >= 4 is 15.9 Å².